The molecule has 58 valence electrons. The summed E-state index contributed by atoms with van der Waals surface area (Å²) in [6, 6.07) is 0. The molecule has 0 aliphatic carbocycles. The van der Waals surface area contributed by atoms with E-state index in [1.807, 2.05) is 13.0 Å². The van der Waals surface area contributed by atoms with E-state index in [4.69, 9.17) is 10.2 Å². The number of hydrogen-bond acceptors (Lipinski definition) is 2. The van der Waals surface area contributed by atoms with E-state index in [0.29, 0.717) is 12.2 Å². The van der Waals surface area contributed by atoms with Crippen molar-refractivity contribution in [3.05, 3.63) is 24.2 Å². The van der Waals surface area contributed by atoms with Crippen molar-refractivity contribution in [3.63, 3.8) is 0 Å². The average molecular weight is 142 g/mol. The van der Waals surface area contributed by atoms with Crippen LogP contribution in [0.4, 0.5) is 0 Å². The van der Waals surface area contributed by atoms with Gasteiger partial charge in [0.15, 0.2) is 0 Å². The number of aliphatic hydroxyl groups is 2. The second kappa shape index (κ2) is 4.91. The van der Waals surface area contributed by atoms with Crippen molar-refractivity contribution in [2.75, 3.05) is 0 Å². The van der Waals surface area contributed by atoms with Gasteiger partial charge in [-0.05, 0) is 12.0 Å². The predicted molar refractivity (Wildman–Crippen MR) is 41.9 cm³/mol. The van der Waals surface area contributed by atoms with Crippen LogP contribution < -0.4 is 0 Å². The van der Waals surface area contributed by atoms with Gasteiger partial charge in [-0.1, -0.05) is 26.3 Å². The van der Waals surface area contributed by atoms with Crippen LogP contribution in [0, 0.1) is 5.92 Å². The van der Waals surface area contributed by atoms with E-state index >= 15 is 0 Å². The highest BCUT2D eigenvalue weighted by Gasteiger charge is 1.90. The highest BCUT2D eigenvalue weighted by molar-refractivity contribution is 5.07. The van der Waals surface area contributed by atoms with Crippen molar-refractivity contribution in [1.82, 2.24) is 0 Å². The maximum absolute atomic E-state index is 8.73. The Kier molecular flexibility index (Phi) is 4.46. The van der Waals surface area contributed by atoms with E-state index in [0.717, 1.165) is 6.42 Å². The van der Waals surface area contributed by atoms with Crippen LogP contribution >= 0.6 is 0 Å². The van der Waals surface area contributed by atoms with E-state index < -0.39 is 0 Å². The van der Waals surface area contributed by atoms with Crippen LogP contribution in [0.5, 0.6) is 0 Å². The molecule has 0 heterocycles. The van der Waals surface area contributed by atoms with Gasteiger partial charge >= 0.3 is 0 Å². The minimum absolute atomic E-state index is 0.0969. The third-order valence-corrected chi connectivity index (χ3v) is 1.37. The fourth-order valence-corrected chi connectivity index (χ4v) is 0.442. The largest absolute Gasteiger partial charge is 0.512 e. The molecule has 0 saturated heterocycles. The Balaban J connectivity index is 3.75. The molecule has 1 atom stereocenters. The molecule has 2 N–H and O–H groups in total. The van der Waals surface area contributed by atoms with Gasteiger partial charge in [-0.15, -0.1) is 0 Å². The van der Waals surface area contributed by atoms with Crippen LogP contribution in [-0.4, -0.2) is 10.2 Å². The summed E-state index contributed by atoms with van der Waals surface area (Å²) in [7, 11) is 0. The molecule has 0 rings (SSSR count). The van der Waals surface area contributed by atoms with Gasteiger partial charge < -0.3 is 10.2 Å². The van der Waals surface area contributed by atoms with Gasteiger partial charge in [0.2, 0.25) is 0 Å². The lowest BCUT2D eigenvalue weighted by Crippen LogP contribution is -1.84. The first kappa shape index (κ1) is 9.08. The molecule has 0 radical (unpaired) electrons. The van der Waals surface area contributed by atoms with E-state index in [2.05, 4.69) is 6.92 Å². The van der Waals surface area contributed by atoms with Crippen molar-refractivity contribution < 1.29 is 10.2 Å². The third-order valence-electron chi connectivity index (χ3n) is 1.37. The first-order valence-corrected chi connectivity index (χ1v) is 3.42. The summed E-state index contributed by atoms with van der Waals surface area (Å²) >= 11 is 0. The van der Waals surface area contributed by atoms with Gasteiger partial charge in [0.05, 0.1) is 0 Å². The number of rotatable bonds is 3. The van der Waals surface area contributed by atoms with E-state index in [1.54, 1.807) is 0 Å². The normalized spacial score (nSPS) is 16.0. The third kappa shape index (κ3) is 4.01. The van der Waals surface area contributed by atoms with Gasteiger partial charge in [0, 0.05) is 0 Å². The quantitative estimate of drug-likeness (QED) is 0.469. The van der Waals surface area contributed by atoms with Crippen molar-refractivity contribution in [3.8, 4) is 0 Å². The summed E-state index contributed by atoms with van der Waals surface area (Å²) in [5.41, 5.74) is 0. The van der Waals surface area contributed by atoms with Crippen LogP contribution in [0.2, 0.25) is 0 Å². The molecule has 0 aliphatic heterocycles. The Hall–Kier alpha value is -0.920. The summed E-state index contributed by atoms with van der Waals surface area (Å²) in [5.74, 6) is 0.349. The molecule has 2 heteroatoms. The molecular formula is C8H14O2. The fourth-order valence-electron chi connectivity index (χ4n) is 0.442. The smallest absolute Gasteiger partial charge is 0.149 e. The lowest BCUT2D eigenvalue weighted by Gasteiger charge is -1.97. The predicted octanol–water partition coefficient (Wildman–Crippen LogP) is 2.55. The molecule has 0 aliphatic rings. The summed E-state index contributed by atoms with van der Waals surface area (Å²) in [6.07, 6.45) is 5.06. The Bertz CT molecular complexity index is 136. The van der Waals surface area contributed by atoms with Crippen LogP contribution in [0.15, 0.2) is 24.2 Å². The minimum atomic E-state index is -0.0969. The second-order valence-electron chi connectivity index (χ2n) is 2.30. The molecule has 10 heavy (non-hydrogen) atoms. The second-order valence-corrected chi connectivity index (χ2v) is 2.30. The molecule has 0 bridgehead atoms. The average Bonchev–Trinajstić information content (AvgIpc) is 1.99. The summed E-state index contributed by atoms with van der Waals surface area (Å²) in [4.78, 5) is 0. The summed E-state index contributed by atoms with van der Waals surface area (Å²) in [5, 5.41) is 17.0. The number of allylic oxidation sites excluding steroid dienone is 2. The van der Waals surface area contributed by atoms with Crippen molar-refractivity contribution >= 4 is 0 Å². The maximum atomic E-state index is 8.73. The Morgan fingerprint density at radius 2 is 2.20 bits per heavy atom. The lowest BCUT2D eigenvalue weighted by molar-refractivity contribution is 0.377. The highest BCUT2D eigenvalue weighted by Crippen LogP contribution is 2.03. The molecule has 2 nitrogen and oxygen atoms in total. The van der Waals surface area contributed by atoms with Gasteiger partial charge in [-0.25, -0.2) is 0 Å². The lowest BCUT2D eigenvalue weighted by atomic mass is 10.1. The molecule has 0 aromatic heterocycles. The zero-order valence-corrected chi connectivity index (χ0v) is 6.41. The summed E-state index contributed by atoms with van der Waals surface area (Å²) in [6.45, 7) is 4.11. The Morgan fingerprint density at radius 3 is 2.60 bits per heavy atom. The van der Waals surface area contributed by atoms with Crippen molar-refractivity contribution in [1.29, 1.82) is 0 Å². The van der Waals surface area contributed by atoms with Crippen LogP contribution in [0.25, 0.3) is 0 Å². The molecule has 0 saturated carbocycles. The number of aliphatic hydroxyl groups excluding tert-OH is 2. The molecule has 0 spiro atoms. The van der Waals surface area contributed by atoms with Gasteiger partial charge in [0.1, 0.15) is 12.0 Å². The van der Waals surface area contributed by atoms with Gasteiger partial charge in [-0.2, -0.15) is 0 Å². The standard InChI is InChI=1S/C8H14O2/c1-3-7(2)4-5-8(10)6-9/h4-7,9-10H,3H2,1-2H3/b5-4-,8-6-. The SMILES string of the molecule is CCC(C)/C=C\C(O)=C\O. The topological polar surface area (TPSA) is 40.5 Å². The fraction of sp³-hybridized carbons (Fsp3) is 0.500. The molecule has 0 aromatic carbocycles. The van der Waals surface area contributed by atoms with Crippen molar-refractivity contribution in [2.24, 2.45) is 5.92 Å². The van der Waals surface area contributed by atoms with Gasteiger partial charge in [0.25, 0.3) is 0 Å². The Labute approximate surface area is 61.5 Å². The monoisotopic (exact) mass is 142 g/mol. The maximum Gasteiger partial charge on any atom is 0.149 e. The molecule has 0 fully saturated rings. The van der Waals surface area contributed by atoms with Gasteiger partial charge in [-0.3, -0.25) is 0 Å². The Morgan fingerprint density at radius 1 is 1.60 bits per heavy atom. The van der Waals surface area contributed by atoms with Crippen molar-refractivity contribution in [2.45, 2.75) is 20.3 Å². The number of hydrogen-bond donors (Lipinski definition) is 2. The minimum Gasteiger partial charge on any atom is -0.512 e. The highest BCUT2D eigenvalue weighted by atomic mass is 16.3. The first-order chi connectivity index (χ1) is 4.70. The summed E-state index contributed by atoms with van der Waals surface area (Å²) < 4.78 is 0. The van der Waals surface area contributed by atoms with E-state index in [9.17, 15) is 0 Å². The molecule has 0 aromatic rings. The van der Waals surface area contributed by atoms with E-state index in [-0.39, 0.29) is 5.76 Å². The van der Waals surface area contributed by atoms with Crippen LogP contribution in [0.3, 0.4) is 0 Å². The molecule has 1 unspecified atom stereocenters. The zero-order chi connectivity index (χ0) is 7.98. The van der Waals surface area contributed by atoms with Crippen LogP contribution in [-0.2, 0) is 0 Å². The molecule has 0 amide bonds. The first-order valence-electron chi connectivity index (χ1n) is 3.42. The van der Waals surface area contributed by atoms with E-state index in [1.165, 1.54) is 6.08 Å². The zero-order valence-electron chi connectivity index (χ0n) is 6.41. The van der Waals surface area contributed by atoms with Crippen LogP contribution in [0.1, 0.15) is 20.3 Å². The molecular weight excluding hydrogens is 128 g/mol.